The van der Waals surface area contributed by atoms with Gasteiger partial charge in [-0.3, -0.25) is 4.79 Å². The van der Waals surface area contributed by atoms with Gasteiger partial charge in [0.05, 0.1) is 7.11 Å². The zero-order chi connectivity index (χ0) is 18.4. The largest absolute Gasteiger partial charge is 0.493 e. The molecule has 0 aromatic heterocycles. The molecule has 0 radical (unpaired) electrons. The number of rotatable bonds is 7. The van der Waals surface area contributed by atoms with E-state index in [1.807, 2.05) is 0 Å². The summed E-state index contributed by atoms with van der Waals surface area (Å²) in [5.41, 5.74) is 0.702. The summed E-state index contributed by atoms with van der Waals surface area (Å²) in [7, 11) is 1.33. The van der Waals surface area contributed by atoms with Crippen LogP contribution in [0.25, 0.3) is 0 Å². The second kappa shape index (κ2) is 8.27. The predicted molar refractivity (Wildman–Crippen MR) is 87.7 cm³/mol. The Hall–Kier alpha value is -2.90. The van der Waals surface area contributed by atoms with Gasteiger partial charge in [-0.2, -0.15) is 8.78 Å². The van der Waals surface area contributed by atoms with E-state index in [1.54, 1.807) is 19.1 Å². The van der Waals surface area contributed by atoms with Crippen molar-refractivity contribution in [3.63, 3.8) is 0 Å². The molecule has 134 valence electrons. The topological polar surface area (TPSA) is 59.6 Å². The maximum Gasteiger partial charge on any atom is 0.387 e. The molecule has 2 aromatic carbocycles. The number of methoxy groups -OCH3 is 1. The average molecular weight is 354 g/mol. The van der Waals surface area contributed by atoms with Crippen molar-refractivity contribution >= 4 is 17.3 Å². The van der Waals surface area contributed by atoms with Gasteiger partial charge in [0.25, 0.3) is 0 Å². The molecule has 0 bridgehead atoms. The Morgan fingerprint density at radius 3 is 2.48 bits per heavy atom. The van der Waals surface area contributed by atoms with Crippen LogP contribution in [0.3, 0.4) is 0 Å². The zero-order valence-electron chi connectivity index (χ0n) is 13.6. The Labute approximate surface area is 142 Å². The first-order valence-electron chi connectivity index (χ1n) is 7.35. The third-order valence-corrected chi connectivity index (χ3v) is 3.25. The van der Waals surface area contributed by atoms with Gasteiger partial charge in [-0.1, -0.05) is 6.07 Å². The molecule has 1 atom stereocenters. The predicted octanol–water partition coefficient (Wildman–Crippen LogP) is 3.87. The maximum atomic E-state index is 13.1. The van der Waals surface area contributed by atoms with Crippen LogP contribution in [0.15, 0.2) is 42.5 Å². The van der Waals surface area contributed by atoms with E-state index >= 15 is 0 Å². The van der Waals surface area contributed by atoms with E-state index in [1.165, 1.54) is 37.4 Å². The molecular formula is C17H17F3N2O3. The molecule has 2 rings (SSSR count). The van der Waals surface area contributed by atoms with Crippen LogP contribution >= 0.6 is 0 Å². The van der Waals surface area contributed by atoms with Crippen LogP contribution in [0, 0.1) is 5.82 Å². The van der Waals surface area contributed by atoms with Gasteiger partial charge in [-0.15, -0.1) is 0 Å². The highest BCUT2D eigenvalue weighted by atomic mass is 19.3. The molecule has 1 amide bonds. The van der Waals surface area contributed by atoms with Crippen LogP contribution in [0.5, 0.6) is 11.5 Å². The molecule has 1 unspecified atom stereocenters. The summed E-state index contributed by atoms with van der Waals surface area (Å²) in [6.45, 7) is -1.43. The quantitative estimate of drug-likeness (QED) is 0.792. The van der Waals surface area contributed by atoms with Gasteiger partial charge in [-0.05, 0) is 37.3 Å². The van der Waals surface area contributed by atoms with E-state index in [2.05, 4.69) is 15.4 Å². The maximum absolute atomic E-state index is 13.1. The molecule has 0 spiro atoms. The number of anilines is 2. The summed E-state index contributed by atoms with van der Waals surface area (Å²) in [6.07, 6.45) is 0. The summed E-state index contributed by atoms with van der Waals surface area (Å²) < 4.78 is 47.3. The third-order valence-electron chi connectivity index (χ3n) is 3.25. The first kappa shape index (κ1) is 18.4. The van der Waals surface area contributed by atoms with Gasteiger partial charge < -0.3 is 20.1 Å². The number of carbonyl (C=O) groups excluding carboxylic acids is 1. The number of amides is 1. The second-order valence-electron chi connectivity index (χ2n) is 5.11. The van der Waals surface area contributed by atoms with Crippen molar-refractivity contribution in [3.05, 3.63) is 48.3 Å². The van der Waals surface area contributed by atoms with Gasteiger partial charge in [0.1, 0.15) is 11.9 Å². The monoisotopic (exact) mass is 354 g/mol. The molecule has 0 aliphatic carbocycles. The summed E-state index contributed by atoms with van der Waals surface area (Å²) in [5.74, 6) is -0.900. The second-order valence-corrected chi connectivity index (χ2v) is 5.11. The van der Waals surface area contributed by atoms with E-state index in [0.717, 1.165) is 0 Å². The fourth-order valence-corrected chi connectivity index (χ4v) is 2.09. The lowest BCUT2D eigenvalue weighted by Gasteiger charge is -2.17. The molecule has 0 fully saturated rings. The minimum atomic E-state index is -3.00. The van der Waals surface area contributed by atoms with Crippen molar-refractivity contribution in [2.45, 2.75) is 19.6 Å². The van der Waals surface area contributed by atoms with Gasteiger partial charge in [0, 0.05) is 17.4 Å². The van der Waals surface area contributed by atoms with Crippen LogP contribution in [-0.4, -0.2) is 25.7 Å². The van der Waals surface area contributed by atoms with E-state index in [-0.39, 0.29) is 11.5 Å². The zero-order valence-corrected chi connectivity index (χ0v) is 13.6. The molecule has 5 nitrogen and oxygen atoms in total. The fourth-order valence-electron chi connectivity index (χ4n) is 2.09. The molecule has 0 saturated heterocycles. The number of hydrogen-bond acceptors (Lipinski definition) is 4. The summed E-state index contributed by atoms with van der Waals surface area (Å²) in [6, 6.07) is 9.07. The molecular weight excluding hydrogens is 337 g/mol. The lowest BCUT2D eigenvalue weighted by Crippen LogP contribution is -2.31. The summed E-state index contributed by atoms with van der Waals surface area (Å²) >= 11 is 0. The van der Waals surface area contributed by atoms with E-state index in [9.17, 15) is 18.0 Å². The van der Waals surface area contributed by atoms with Crippen molar-refractivity contribution < 1.29 is 27.4 Å². The average Bonchev–Trinajstić information content (AvgIpc) is 2.54. The minimum absolute atomic E-state index is 0.141. The molecule has 2 aromatic rings. The molecule has 8 heteroatoms. The van der Waals surface area contributed by atoms with E-state index < -0.39 is 24.4 Å². The van der Waals surface area contributed by atoms with Crippen molar-refractivity contribution in [1.82, 2.24) is 0 Å². The summed E-state index contributed by atoms with van der Waals surface area (Å²) in [4.78, 5) is 12.1. The molecule has 0 saturated carbocycles. The van der Waals surface area contributed by atoms with Gasteiger partial charge in [-0.25, -0.2) is 4.39 Å². The SMILES string of the molecule is COc1ccc(NC(C)C(=O)Nc2cccc(F)c2)cc1OC(F)F. The van der Waals surface area contributed by atoms with Gasteiger partial charge in [0.2, 0.25) is 5.91 Å². The van der Waals surface area contributed by atoms with Crippen molar-refractivity contribution in [1.29, 1.82) is 0 Å². The molecule has 2 N–H and O–H groups in total. The van der Waals surface area contributed by atoms with Crippen molar-refractivity contribution in [2.24, 2.45) is 0 Å². The van der Waals surface area contributed by atoms with E-state index in [0.29, 0.717) is 11.4 Å². The van der Waals surface area contributed by atoms with Crippen LogP contribution in [0.2, 0.25) is 0 Å². The number of halogens is 3. The van der Waals surface area contributed by atoms with Crippen molar-refractivity contribution in [3.8, 4) is 11.5 Å². The highest BCUT2D eigenvalue weighted by Gasteiger charge is 2.16. The Morgan fingerprint density at radius 1 is 1.08 bits per heavy atom. The van der Waals surface area contributed by atoms with Crippen LogP contribution in [0.4, 0.5) is 24.5 Å². The molecule has 0 aliphatic heterocycles. The Morgan fingerprint density at radius 2 is 1.84 bits per heavy atom. The number of carbonyl (C=O) groups is 1. The fraction of sp³-hybridized carbons (Fsp3) is 0.235. The Kier molecular flexibility index (Phi) is 6.10. The lowest BCUT2D eigenvalue weighted by molar-refractivity contribution is -0.116. The summed E-state index contributed by atoms with van der Waals surface area (Å²) in [5, 5.41) is 5.41. The highest BCUT2D eigenvalue weighted by Crippen LogP contribution is 2.31. The van der Waals surface area contributed by atoms with Crippen LogP contribution in [-0.2, 0) is 4.79 Å². The minimum Gasteiger partial charge on any atom is -0.493 e. The third kappa shape index (κ3) is 5.30. The number of alkyl halides is 2. The Balaban J connectivity index is 2.06. The van der Waals surface area contributed by atoms with Crippen molar-refractivity contribution in [2.75, 3.05) is 17.7 Å². The van der Waals surface area contributed by atoms with Gasteiger partial charge >= 0.3 is 6.61 Å². The smallest absolute Gasteiger partial charge is 0.387 e. The normalized spacial score (nSPS) is 11.8. The molecule has 0 aliphatic rings. The molecule has 0 heterocycles. The van der Waals surface area contributed by atoms with Crippen LogP contribution in [0.1, 0.15) is 6.92 Å². The number of nitrogens with one attached hydrogen (secondary N) is 2. The first-order valence-corrected chi connectivity index (χ1v) is 7.35. The number of hydrogen-bond donors (Lipinski definition) is 2. The van der Waals surface area contributed by atoms with Gasteiger partial charge in [0.15, 0.2) is 11.5 Å². The standard InChI is InChI=1S/C17H17F3N2O3/c1-10(16(23)22-12-5-3-4-11(18)8-12)21-13-6-7-14(24-2)15(9-13)25-17(19)20/h3-10,17,21H,1-2H3,(H,22,23). The molecule has 25 heavy (non-hydrogen) atoms. The Bertz CT molecular complexity index is 741. The number of benzene rings is 2. The number of ether oxygens (including phenoxy) is 2. The first-order chi connectivity index (χ1) is 11.9. The lowest BCUT2D eigenvalue weighted by atomic mass is 10.2. The van der Waals surface area contributed by atoms with E-state index in [4.69, 9.17) is 4.74 Å². The van der Waals surface area contributed by atoms with Crippen LogP contribution < -0.4 is 20.1 Å². The highest BCUT2D eigenvalue weighted by molar-refractivity contribution is 5.96.